The van der Waals surface area contributed by atoms with Crippen molar-refractivity contribution in [3.05, 3.63) is 0 Å². The molecule has 0 aromatic carbocycles. The van der Waals surface area contributed by atoms with Crippen LogP contribution in [0.4, 0.5) is 0 Å². The van der Waals surface area contributed by atoms with Crippen LogP contribution in [0.3, 0.4) is 0 Å². The van der Waals surface area contributed by atoms with E-state index < -0.39 is 37.3 Å². The van der Waals surface area contributed by atoms with Gasteiger partial charge in [0, 0.05) is 0 Å². The molecule has 1 fully saturated rings. The molecule has 4 N–H and O–H groups in total. The lowest BCUT2D eigenvalue weighted by molar-refractivity contribution is -0.310. The highest BCUT2D eigenvalue weighted by molar-refractivity contribution is 4.89. The van der Waals surface area contributed by atoms with Crippen molar-refractivity contribution in [2.45, 2.75) is 224 Å². The van der Waals surface area contributed by atoms with Crippen LogP contribution in [-0.4, -0.2) is 63.8 Å². The van der Waals surface area contributed by atoms with Crippen LogP contribution in [0.5, 0.6) is 0 Å². The Kier molecular flexibility index (Phi) is 26.8. The molecule has 0 aromatic rings. The van der Waals surface area contributed by atoms with E-state index in [9.17, 15) is 20.4 Å². The lowest BCUT2D eigenvalue weighted by Crippen LogP contribution is -2.59. The normalized spacial score (nSPS) is 23.4. The minimum atomic E-state index is -1.38. The summed E-state index contributed by atoms with van der Waals surface area (Å²) >= 11 is 0. The minimum Gasteiger partial charge on any atom is -0.394 e. The number of aliphatic hydroxyl groups is 4. The molecule has 0 saturated carbocycles. The summed E-state index contributed by atoms with van der Waals surface area (Å²) in [6, 6.07) is 0. The fourth-order valence-corrected chi connectivity index (χ4v) is 6.22. The molecule has 0 bridgehead atoms. The Morgan fingerprint density at radius 3 is 1.17 bits per heavy atom. The highest BCUT2D eigenvalue weighted by Gasteiger charge is 2.44. The summed E-state index contributed by atoms with van der Waals surface area (Å²) in [7, 11) is 0. The van der Waals surface area contributed by atoms with Crippen molar-refractivity contribution in [1.82, 2.24) is 0 Å². The van der Waals surface area contributed by atoms with E-state index in [0.29, 0.717) is 0 Å². The molecule has 6 unspecified atom stereocenters. The first-order valence-electron chi connectivity index (χ1n) is 18.5. The smallest absolute Gasteiger partial charge is 0.186 e. The second kappa shape index (κ2) is 28.2. The Balaban J connectivity index is 1.77. The maximum Gasteiger partial charge on any atom is 0.186 e. The van der Waals surface area contributed by atoms with Gasteiger partial charge in [-0.2, -0.15) is 0 Å². The summed E-state index contributed by atoms with van der Waals surface area (Å²) in [6.45, 7) is 3.79. The van der Waals surface area contributed by atoms with Gasteiger partial charge in [0.2, 0.25) is 0 Å². The van der Waals surface area contributed by atoms with Crippen molar-refractivity contribution >= 4 is 0 Å². The summed E-state index contributed by atoms with van der Waals surface area (Å²) in [5.41, 5.74) is 0. The fraction of sp³-hybridized carbons (Fsp3) is 1.00. The van der Waals surface area contributed by atoms with Gasteiger partial charge in [0.25, 0.3) is 0 Å². The Morgan fingerprint density at radius 2 is 0.833 bits per heavy atom. The second-order valence-electron chi connectivity index (χ2n) is 13.3. The largest absolute Gasteiger partial charge is 0.394 e. The number of aliphatic hydroxyl groups excluding tert-OH is 4. The Labute approximate surface area is 260 Å². The van der Waals surface area contributed by atoms with Crippen LogP contribution in [0.2, 0.25) is 0 Å². The Hall–Kier alpha value is -0.240. The number of hydrogen-bond acceptors (Lipinski definition) is 6. The van der Waals surface area contributed by atoms with Gasteiger partial charge in [-0.15, -0.1) is 0 Å². The molecule has 1 heterocycles. The predicted octanol–water partition coefficient (Wildman–Crippen LogP) is 8.74. The first-order valence-corrected chi connectivity index (χ1v) is 18.5. The molecule has 0 amide bonds. The summed E-state index contributed by atoms with van der Waals surface area (Å²) in [5.74, 6) is 0. The van der Waals surface area contributed by atoms with Crippen LogP contribution < -0.4 is 0 Å². The lowest BCUT2D eigenvalue weighted by Gasteiger charge is -2.40. The topological polar surface area (TPSA) is 99.4 Å². The maximum absolute atomic E-state index is 10.1. The van der Waals surface area contributed by atoms with Crippen LogP contribution in [0, 0.1) is 0 Å². The molecule has 6 nitrogen and oxygen atoms in total. The third kappa shape index (κ3) is 20.7. The van der Waals surface area contributed by atoms with Crippen molar-refractivity contribution in [1.29, 1.82) is 0 Å². The highest BCUT2D eigenvalue weighted by Crippen LogP contribution is 2.24. The molecule has 6 heteroatoms. The second-order valence-corrected chi connectivity index (χ2v) is 13.3. The van der Waals surface area contributed by atoms with Crippen molar-refractivity contribution < 1.29 is 29.9 Å². The van der Waals surface area contributed by atoms with Crippen molar-refractivity contribution in [3.8, 4) is 0 Å². The maximum atomic E-state index is 10.1. The molecule has 0 radical (unpaired) electrons. The van der Waals surface area contributed by atoms with E-state index in [1.54, 1.807) is 0 Å². The fourth-order valence-electron chi connectivity index (χ4n) is 6.22. The average Bonchev–Trinajstić information content (AvgIpc) is 2.99. The third-order valence-corrected chi connectivity index (χ3v) is 9.18. The standard InChI is InChI=1S/C36H72O6/c1-3-4-5-6-7-8-9-10-11-12-13-14-15-16-17-18-19-20-21-22-23-24-25-26-27-28-29-31(2)41-36-35(40)34(39)33(38)32(30-37)42-36/h31-40H,3-30H2,1-2H3. The summed E-state index contributed by atoms with van der Waals surface area (Å²) < 4.78 is 11.2. The van der Waals surface area contributed by atoms with Gasteiger partial charge in [-0.25, -0.2) is 0 Å². The summed E-state index contributed by atoms with van der Waals surface area (Å²) in [6.07, 6.45) is 30.9. The van der Waals surface area contributed by atoms with Gasteiger partial charge >= 0.3 is 0 Å². The van der Waals surface area contributed by atoms with Gasteiger partial charge in [0.1, 0.15) is 24.4 Å². The van der Waals surface area contributed by atoms with Crippen molar-refractivity contribution in [2.24, 2.45) is 0 Å². The monoisotopic (exact) mass is 601 g/mol. The van der Waals surface area contributed by atoms with Gasteiger partial charge in [-0.05, 0) is 13.3 Å². The van der Waals surface area contributed by atoms with E-state index in [1.165, 1.54) is 161 Å². The van der Waals surface area contributed by atoms with Crippen LogP contribution in [0.1, 0.15) is 187 Å². The zero-order chi connectivity index (χ0) is 30.7. The zero-order valence-corrected chi connectivity index (χ0v) is 27.9. The molecule has 1 aliphatic rings. The first-order chi connectivity index (χ1) is 20.5. The molecule has 6 atom stereocenters. The molecular weight excluding hydrogens is 528 g/mol. The quantitative estimate of drug-likeness (QED) is 0.0615. The highest BCUT2D eigenvalue weighted by atomic mass is 16.7. The number of hydrogen-bond donors (Lipinski definition) is 4. The molecule has 252 valence electrons. The molecule has 0 spiro atoms. The molecule has 42 heavy (non-hydrogen) atoms. The molecule has 1 saturated heterocycles. The third-order valence-electron chi connectivity index (χ3n) is 9.18. The van der Waals surface area contributed by atoms with Crippen LogP contribution in [0.25, 0.3) is 0 Å². The van der Waals surface area contributed by atoms with E-state index in [-0.39, 0.29) is 6.10 Å². The van der Waals surface area contributed by atoms with Gasteiger partial charge < -0.3 is 29.9 Å². The Bertz CT molecular complexity index is 559. The minimum absolute atomic E-state index is 0.124. The number of rotatable bonds is 30. The first kappa shape index (κ1) is 39.8. The Morgan fingerprint density at radius 1 is 0.500 bits per heavy atom. The van der Waals surface area contributed by atoms with Gasteiger partial charge in [-0.1, -0.05) is 174 Å². The number of unbranched alkanes of at least 4 members (excludes halogenated alkanes) is 25. The summed E-state index contributed by atoms with van der Waals surface area (Å²) in [5, 5.41) is 39.1. The van der Waals surface area contributed by atoms with Crippen LogP contribution >= 0.6 is 0 Å². The molecule has 1 rings (SSSR count). The van der Waals surface area contributed by atoms with E-state index in [0.717, 1.165) is 12.8 Å². The molecular formula is C36H72O6. The average molecular weight is 601 g/mol. The van der Waals surface area contributed by atoms with E-state index >= 15 is 0 Å². The van der Waals surface area contributed by atoms with Crippen LogP contribution in [0.15, 0.2) is 0 Å². The van der Waals surface area contributed by atoms with Gasteiger partial charge in [0.05, 0.1) is 12.7 Å². The van der Waals surface area contributed by atoms with Crippen LogP contribution in [-0.2, 0) is 9.47 Å². The number of ether oxygens (including phenoxy) is 2. The molecule has 1 aliphatic heterocycles. The lowest BCUT2D eigenvalue weighted by atomic mass is 9.99. The summed E-state index contributed by atoms with van der Waals surface area (Å²) in [4.78, 5) is 0. The van der Waals surface area contributed by atoms with E-state index in [1.807, 2.05) is 6.92 Å². The van der Waals surface area contributed by atoms with Gasteiger partial charge in [0.15, 0.2) is 6.29 Å². The molecule has 0 aromatic heterocycles. The zero-order valence-electron chi connectivity index (χ0n) is 27.9. The SMILES string of the molecule is CCCCCCCCCCCCCCCCCCCCCCCCCCCCC(C)OC1OC(CO)C(O)C(O)C1O. The van der Waals surface area contributed by atoms with Gasteiger partial charge in [-0.3, -0.25) is 0 Å². The predicted molar refractivity (Wildman–Crippen MR) is 175 cm³/mol. The van der Waals surface area contributed by atoms with Crippen molar-refractivity contribution in [2.75, 3.05) is 6.61 Å². The van der Waals surface area contributed by atoms with E-state index in [2.05, 4.69) is 6.92 Å². The molecule has 0 aliphatic carbocycles. The van der Waals surface area contributed by atoms with E-state index in [4.69, 9.17) is 9.47 Å². The van der Waals surface area contributed by atoms with Crippen molar-refractivity contribution in [3.63, 3.8) is 0 Å².